The lowest BCUT2D eigenvalue weighted by Crippen LogP contribution is -2.54. The molecular formula is C23H27N5O4. The van der Waals surface area contributed by atoms with Crippen LogP contribution in [-0.2, 0) is 9.47 Å². The molecule has 0 radical (unpaired) electrons. The first kappa shape index (κ1) is 20.9. The molecule has 2 N–H and O–H groups in total. The number of rotatable bonds is 5. The molecule has 5 heterocycles. The van der Waals surface area contributed by atoms with Crippen LogP contribution in [0.3, 0.4) is 0 Å². The molecule has 2 aliphatic heterocycles. The maximum Gasteiger partial charge on any atom is 0.288 e. The van der Waals surface area contributed by atoms with Gasteiger partial charge in [-0.05, 0) is 37.1 Å². The molecule has 32 heavy (non-hydrogen) atoms. The summed E-state index contributed by atoms with van der Waals surface area (Å²) in [6, 6.07) is 9.70. The molecule has 2 fully saturated rings. The second kappa shape index (κ2) is 8.85. The summed E-state index contributed by atoms with van der Waals surface area (Å²) >= 11 is 0. The minimum Gasteiger partial charge on any atom is -0.394 e. The molecule has 5 rings (SSSR count). The number of hydrogen-bond acceptors (Lipinski definition) is 7. The average molecular weight is 438 g/mol. The quantitative estimate of drug-likeness (QED) is 0.624. The number of hydrogen-bond donors (Lipinski definition) is 2. The molecule has 0 spiro atoms. The van der Waals surface area contributed by atoms with E-state index in [0.29, 0.717) is 45.0 Å². The second-order valence-corrected chi connectivity index (χ2v) is 8.25. The maximum atomic E-state index is 13.2. The van der Waals surface area contributed by atoms with Crippen LogP contribution in [0, 0.1) is 0 Å². The minimum absolute atomic E-state index is 0.134. The van der Waals surface area contributed by atoms with Crippen molar-refractivity contribution in [2.45, 2.75) is 18.4 Å². The number of pyridine rings is 2. The highest BCUT2D eigenvalue weighted by Gasteiger charge is 2.35. The van der Waals surface area contributed by atoms with Gasteiger partial charge in [-0.1, -0.05) is 6.07 Å². The summed E-state index contributed by atoms with van der Waals surface area (Å²) in [7, 11) is 0. The third-order valence-electron chi connectivity index (χ3n) is 6.24. The van der Waals surface area contributed by atoms with Crippen LogP contribution >= 0.6 is 0 Å². The predicted octanol–water partition coefficient (Wildman–Crippen LogP) is 1.50. The number of anilines is 1. The molecule has 3 aromatic heterocycles. The summed E-state index contributed by atoms with van der Waals surface area (Å²) < 4.78 is 12.6. The Morgan fingerprint density at radius 1 is 1.09 bits per heavy atom. The number of carbonyl (C=O) groups is 1. The lowest BCUT2D eigenvalue weighted by atomic mass is 9.91. The van der Waals surface area contributed by atoms with Crippen LogP contribution in [0.5, 0.6) is 0 Å². The van der Waals surface area contributed by atoms with Crippen molar-refractivity contribution < 1.29 is 19.4 Å². The van der Waals surface area contributed by atoms with Crippen molar-refractivity contribution in [3.05, 3.63) is 48.5 Å². The Morgan fingerprint density at radius 3 is 2.59 bits per heavy atom. The zero-order chi connectivity index (χ0) is 22.0. The fourth-order valence-electron chi connectivity index (χ4n) is 4.30. The number of nitrogens with zero attached hydrogens (tertiary/aromatic N) is 4. The Balaban J connectivity index is 1.45. The van der Waals surface area contributed by atoms with Gasteiger partial charge in [0.2, 0.25) is 5.82 Å². The molecular weight excluding hydrogens is 410 g/mol. The Morgan fingerprint density at radius 2 is 1.88 bits per heavy atom. The number of aliphatic hydroxyl groups is 1. The Labute approximate surface area is 186 Å². The minimum atomic E-state index is -0.683. The summed E-state index contributed by atoms with van der Waals surface area (Å²) in [6.45, 7) is 3.93. The van der Waals surface area contributed by atoms with Gasteiger partial charge < -0.3 is 24.8 Å². The molecule has 0 bridgehead atoms. The number of imidazole rings is 1. The van der Waals surface area contributed by atoms with E-state index < -0.39 is 5.54 Å². The van der Waals surface area contributed by atoms with Crippen molar-refractivity contribution in [2.75, 3.05) is 51.0 Å². The standard InChI is InChI=1S/C23H27N5O4/c29-16-23(6-11-31-12-7-23)26-22(30)21-25-20(18-3-1-2-8-28(18)21)17-4-5-19(24-15-17)27-9-13-32-14-10-27/h1-5,8,15,29H,6-7,9-14,16H2,(H,26,30). The number of carbonyl (C=O) groups excluding carboxylic acids is 1. The fraction of sp³-hybridized carbons (Fsp3) is 0.435. The van der Waals surface area contributed by atoms with E-state index in [1.807, 2.05) is 36.5 Å². The van der Waals surface area contributed by atoms with Gasteiger partial charge in [0.1, 0.15) is 5.82 Å². The third-order valence-corrected chi connectivity index (χ3v) is 6.24. The average Bonchev–Trinajstić information content (AvgIpc) is 3.25. The van der Waals surface area contributed by atoms with Gasteiger partial charge in [0, 0.05) is 44.3 Å². The smallest absolute Gasteiger partial charge is 0.288 e. The van der Waals surface area contributed by atoms with Crippen molar-refractivity contribution in [3.63, 3.8) is 0 Å². The topological polar surface area (TPSA) is 101 Å². The highest BCUT2D eigenvalue weighted by molar-refractivity contribution is 5.95. The highest BCUT2D eigenvalue weighted by Crippen LogP contribution is 2.27. The molecule has 3 aromatic rings. The number of aromatic nitrogens is 3. The van der Waals surface area contributed by atoms with Gasteiger partial charge in [-0.3, -0.25) is 9.20 Å². The van der Waals surface area contributed by atoms with Crippen molar-refractivity contribution in [1.29, 1.82) is 0 Å². The molecule has 0 unspecified atom stereocenters. The van der Waals surface area contributed by atoms with Crippen LogP contribution in [0.2, 0.25) is 0 Å². The van der Waals surface area contributed by atoms with Gasteiger partial charge >= 0.3 is 0 Å². The van der Waals surface area contributed by atoms with Crippen molar-refractivity contribution in [3.8, 4) is 11.3 Å². The van der Waals surface area contributed by atoms with Gasteiger partial charge in [-0.2, -0.15) is 0 Å². The monoisotopic (exact) mass is 437 g/mol. The van der Waals surface area contributed by atoms with Crippen molar-refractivity contribution in [1.82, 2.24) is 19.7 Å². The Hall–Kier alpha value is -3.01. The Kier molecular flexibility index (Phi) is 5.77. The summed E-state index contributed by atoms with van der Waals surface area (Å²) in [5.41, 5.74) is 1.68. The largest absolute Gasteiger partial charge is 0.394 e. The molecule has 0 atom stereocenters. The van der Waals surface area contributed by atoms with E-state index in [0.717, 1.165) is 30.0 Å². The lowest BCUT2D eigenvalue weighted by molar-refractivity contribution is 0.0123. The number of nitrogens with one attached hydrogen (secondary N) is 1. The molecule has 9 nitrogen and oxygen atoms in total. The number of ether oxygens (including phenoxy) is 2. The van der Waals surface area contributed by atoms with Crippen molar-refractivity contribution >= 4 is 17.2 Å². The first-order valence-corrected chi connectivity index (χ1v) is 11.0. The predicted molar refractivity (Wildman–Crippen MR) is 119 cm³/mol. The first-order valence-electron chi connectivity index (χ1n) is 11.0. The molecule has 2 aliphatic rings. The fourth-order valence-corrected chi connectivity index (χ4v) is 4.30. The molecule has 9 heteroatoms. The zero-order valence-corrected chi connectivity index (χ0v) is 17.9. The molecule has 1 amide bonds. The number of aliphatic hydroxyl groups excluding tert-OH is 1. The summed E-state index contributed by atoms with van der Waals surface area (Å²) in [5, 5.41) is 13.0. The van der Waals surface area contributed by atoms with Gasteiger partial charge in [-0.15, -0.1) is 0 Å². The van der Waals surface area contributed by atoms with E-state index in [-0.39, 0.29) is 18.3 Å². The van der Waals surface area contributed by atoms with E-state index >= 15 is 0 Å². The van der Waals surface area contributed by atoms with Gasteiger partial charge in [-0.25, -0.2) is 9.97 Å². The van der Waals surface area contributed by atoms with Crippen molar-refractivity contribution in [2.24, 2.45) is 0 Å². The Bertz CT molecular complexity index is 1090. The second-order valence-electron chi connectivity index (χ2n) is 8.25. The van der Waals surface area contributed by atoms with Crippen LogP contribution in [0.25, 0.3) is 16.8 Å². The number of amides is 1. The summed E-state index contributed by atoms with van der Waals surface area (Å²) in [6.07, 6.45) is 4.76. The normalized spacial score (nSPS) is 18.6. The van der Waals surface area contributed by atoms with Crippen LogP contribution in [0.1, 0.15) is 23.5 Å². The number of fused-ring (bicyclic) bond motifs is 1. The molecule has 168 valence electrons. The highest BCUT2D eigenvalue weighted by atomic mass is 16.5. The lowest BCUT2D eigenvalue weighted by Gasteiger charge is -2.36. The van der Waals surface area contributed by atoms with Crippen LogP contribution in [0.15, 0.2) is 42.7 Å². The zero-order valence-electron chi connectivity index (χ0n) is 17.9. The SMILES string of the molecule is O=C(NC1(CO)CCOCC1)c1nc(-c2ccc(N3CCOCC3)nc2)c2ccccn12. The van der Waals surface area contributed by atoms with Crippen LogP contribution in [0.4, 0.5) is 5.82 Å². The third kappa shape index (κ3) is 3.94. The number of morpholine rings is 1. The molecule has 2 saturated heterocycles. The molecule has 0 saturated carbocycles. The first-order chi connectivity index (χ1) is 15.7. The van der Waals surface area contributed by atoms with Gasteiger partial charge in [0.25, 0.3) is 5.91 Å². The van der Waals surface area contributed by atoms with Crippen LogP contribution in [-0.4, -0.2) is 77.0 Å². The van der Waals surface area contributed by atoms with E-state index in [1.54, 1.807) is 10.6 Å². The summed E-state index contributed by atoms with van der Waals surface area (Å²) in [4.78, 5) is 24.7. The van der Waals surface area contributed by atoms with E-state index in [1.165, 1.54) is 0 Å². The van der Waals surface area contributed by atoms with Gasteiger partial charge in [0.05, 0.1) is 36.6 Å². The van der Waals surface area contributed by atoms with E-state index in [2.05, 4.69) is 15.2 Å². The van der Waals surface area contributed by atoms with E-state index in [9.17, 15) is 9.90 Å². The maximum absolute atomic E-state index is 13.2. The summed E-state index contributed by atoms with van der Waals surface area (Å²) in [5.74, 6) is 0.876. The van der Waals surface area contributed by atoms with Crippen LogP contribution < -0.4 is 10.2 Å². The van der Waals surface area contributed by atoms with Gasteiger partial charge in [0.15, 0.2) is 0 Å². The molecule has 0 aliphatic carbocycles. The molecule has 0 aromatic carbocycles. The van der Waals surface area contributed by atoms with E-state index in [4.69, 9.17) is 14.5 Å².